The number of carbonyl (C=O) groups excluding carboxylic acids is 1. The Morgan fingerprint density at radius 3 is 2.58 bits per heavy atom. The smallest absolute Gasteiger partial charge is 0.383 e. The largest absolute Gasteiger partial charge is 0.389 e. The average molecular weight is 497 g/mol. The van der Waals surface area contributed by atoms with Crippen LogP contribution in [0, 0.1) is 11.7 Å². The minimum atomic E-state index is -4.35. The van der Waals surface area contributed by atoms with Crippen molar-refractivity contribution in [2.75, 3.05) is 11.1 Å². The van der Waals surface area contributed by atoms with E-state index >= 15 is 0 Å². The zero-order valence-corrected chi connectivity index (χ0v) is 18.7. The van der Waals surface area contributed by atoms with E-state index < -0.39 is 23.8 Å². The molecule has 1 atom stereocenters. The Labute approximate surface area is 201 Å². The van der Waals surface area contributed by atoms with Crippen LogP contribution in [0.15, 0.2) is 42.9 Å². The van der Waals surface area contributed by atoms with Crippen molar-refractivity contribution < 1.29 is 22.4 Å². The molecule has 0 bridgehead atoms. The summed E-state index contributed by atoms with van der Waals surface area (Å²) in [5, 5.41) is 2.81. The van der Waals surface area contributed by atoms with Crippen LogP contribution in [0.2, 0.25) is 0 Å². The molecule has 0 spiro atoms. The molecule has 6 rings (SSSR count). The third kappa shape index (κ3) is 3.47. The van der Waals surface area contributed by atoms with Gasteiger partial charge in [0.05, 0.1) is 11.3 Å². The van der Waals surface area contributed by atoms with E-state index in [-0.39, 0.29) is 47.1 Å². The molecule has 12 heteroatoms. The van der Waals surface area contributed by atoms with E-state index in [1.807, 2.05) is 0 Å². The number of benzene rings is 1. The first-order valence-electron chi connectivity index (χ1n) is 11.3. The number of amides is 1. The first-order chi connectivity index (χ1) is 17.2. The Hall–Kier alpha value is -4.09. The maximum Gasteiger partial charge on any atom is 0.389 e. The van der Waals surface area contributed by atoms with Crippen molar-refractivity contribution in [2.24, 2.45) is 5.92 Å². The molecule has 36 heavy (non-hydrogen) atoms. The highest BCUT2D eigenvalue weighted by Crippen LogP contribution is 2.57. The van der Waals surface area contributed by atoms with Crippen molar-refractivity contribution in [3.8, 4) is 11.5 Å². The van der Waals surface area contributed by atoms with Gasteiger partial charge in [-0.2, -0.15) is 13.2 Å². The zero-order valence-electron chi connectivity index (χ0n) is 18.7. The summed E-state index contributed by atoms with van der Waals surface area (Å²) in [7, 11) is 0. The number of aromatic nitrogens is 5. The van der Waals surface area contributed by atoms with Gasteiger partial charge < -0.3 is 15.5 Å². The van der Waals surface area contributed by atoms with Crippen molar-refractivity contribution in [1.82, 2.24) is 24.3 Å². The Bertz CT molecular complexity index is 1510. The van der Waals surface area contributed by atoms with Gasteiger partial charge in [-0.25, -0.2) is 24.3 Å². The number of anilines is 2. The second-order valence-electron chi connectivity index (χ2n) is 9.05. The second-order valence-corrected chi connectivity index (χ2v) is 9.05. The molecule has 4 aromatic rings. The molecule has 0 saturated heterocycles. The predicted molar refractivity (Wildman–Crippen MR) is 121 cm³/mol. The maximum atomic E-state index is 13.6. The number of rotatable bonds is 5. The number of imidazole rings is 1. The topological polar surface area (TPSA) is 111 Å². The predicted octanol–water partition coefficient (Wildman–Crippen LogP) is 4.05. The molecule has 3 aromatic heterocycles. The van der Waals surface area contributed by atoms with Crippen LogP contribution >= 0.6 is 0 Å². The van der Waals surface area contributed by atoms with Crippen LogP contribution in [-0.4, -0.2) is 36.4 Å². The van der Waals surface area contributed by atoms with Crippen LogP contribution in [0.25, 0.3) is 17.2 Å². The number of nitrogens with two attached hydrogens (primary N) is 1. The Balaban J connectivity index is 1.47. The molecule has 1 unspecified atom stereocenters. The van der Waals surface area contributed by atoms with E-state index in [1.54, 1.807) is 28.9 Å². The van der Waals surface area contributed by atoms with Crippen molar-refractivity contribution in [3.05, 3.63) is 65.5 Å². The lowest BCUT2D eigenvalue weighted by Crippen LogP contribution is -2.38. The zero-order chi connectivity index (χ0) is 25.2. The summed E-state index contributed by atoms with van der Waals surface area (Å²) >= 11 is 0. The molecular formula is C24H19F4N7O. The number of carbonyl (C=O) groups is 1. The number of nitrogens with zero attached hydrogens (tertiary/aromatic N) is 5. The van der Waals surface area contributed by atoms with E-state index in [0.29, 0.717) is 16.8 Å². The molecule has 3 N–H and O–H groups in total. The summed E-state index contributed by atoms with van der Waals surface area (Å²) in [6, 6.07) is 5.72. The summed E-state index contributed by atoms with van der Waals surface area (Å²) in [5.41, 5.74) is 6.91. The van der Waals surface area contributed by atoms with Crippen LogP contribution < -0.4 is 11.1 Å². The van der Waals surface area contributed by atoms with Gasteiger partial charge in [0.1, 0.15) is 28.6 Å². The quantitative estimate of drug-likeness (QED) is 0.403. The minimum absolute atomic E-state index is 0.0460. The van der Waals surface area contributed by atoms with Crippen molar-refractivity contribution >= 4 is 23.2 Å². The second kappa shape index (κ2) is 7.70. The number of fused-ring (bicyclic) bond motifs is 2. The third-order valence-corrected chi connectivity index (χ3v) is 6.73. The van der Waals surface area contributed by atoms with E-state index in [1.165, 1.54) is 18.3 Å². The molecule has 2 aliphatic rings. The standard InChI is InChI=1S/C24H19F4N7O/c25-14-5-3-13(4-6-14)24(12-1-2-12)17-18(29)32-19(33-20(17)34-22(24)36)16-11-35-10-9-30-21(35)15(31-16)7-8-23(26,27)28/h3-6,9-12H,1-2,7-8H2,(H3,29,32,33,34,36). The summed E-state index contributed by atoms with van der Waals surface area (Å²) < 4.78 is 53.8. The van der Waals surface area contributed by atoms with Crippen LogP contribution in [0.3, 0.4) is 0 Å². The monoisotopic (exact) mass is 497 g/mol. The highest BCUT2D eigenvalue weighted by atomic mass is 19.4. The lowest BCUT2D eigenvalue weighted by Gasteiger charge is -2.28. The highest BCUT2D eigenvalue weighted by molar-refractivity contribution is 6.10. The molecule has 1 aliphatic carbocycles. The first kappa shape index (κ1) is 22.4. The molecule has 1 fully saturated rings. The molecule has 1 aliphatic heterocycles. The van der Waals surface area contributed by atoms with Gasteiger partial charge in [-0.05, 0) is 36.5 Å². The molecule has 1 amide bonds. The van der Waals surface area contributed by atoms with E-state index in [2.05, 4.69) is 25.3 Å². The highest BCUT2D eigenvalue weighted by Gasteiger charge is 2.59. The molecule has 184 valence electrons. The fourth-order valence-electron chi connectivity index (χ4n) is 5.05. The van der Waals surface area contributed by atoms with Crippen molar-refractivity contribution in [2.45, 2.75) is 37.3 Å². The lowest BCUT2D eigenvalue weighted by molar-refractivity contribution is -0.134. The number of nitrogen functional groups attached to an aromatic ring is 1. The number of hydrogen-bond donors (Lipinski definition) is 2. The Morgan fingerprint density at radius 2 is 1.89 bits per heavy atom. The molecule has 1 aromatic carbocycles. The minimum Gasteiger partial charge on any atom is -0.383 e. The summed E-state index contributed by atoms with van der Waals surface area (Å²) in [6.45, 7) is 0. The van der Waals surface area contributed by atoms with Crippen molar-refractivity contribution in [3.63, 3.8) is 0 Å². The van der Waals surface area contributed by atoms with Gasteiger partial charge in [-0.1, -0.05) is 12.1 Å². The van der Waals surface area contributed by atoms with Gasteiger partial charge >= 0.3 is 6.18 Å². The SMILES string of the molecule is Nc1nc(-c2cn3ccnc3c(CCC(F)(F)F)n2)nc2c1C(c1ccc(F)cc1)(C1CC1)C(=O)N2. The fourth-order valence-corrected chi connectivity index (χ4v) is 5.05. The van der Waals surface area contributed by atoms with Crippen LogP contribution in [-0.2, 0) is 16.6 Å². The fraction of sp³-hybridized carbons (Fsp3) is 0.292. The Kier molecular flexibility index (Phi) is 4.79. The number of halogens is 4. The van der Waals surface area contributed by atoms with Crippen LogP contribution in [0.1, 0.15) is 36.1 Å². The summed E-state index contributed by atoms with van der Waals surface area (Å²) in [5.74, 6) is -0.479. The first-order valence-corrected chi connectivity index (χ1v) is 11.3. The normalized spacial score (nSPS) is 19.5. The van der Waals surface area contributed by atoms with Gasteiger partial charge in [-0.3, -0.25) is 4.79 Å². The van der Waals surface area contributed by atoms with E-state index in [4.69, 9.17) is 5.73 Å². The van der Waals surface area contributed by atoms with Crippen LogP contribution in [0.4, 0.5) is 29.2 Å². The van der Waals surface area contributed by atoms with Crippen molar-refractivity contribution in [1.29, 1.82) is 0 Å². The van der Waals surface area contributed by atoms with Crippen LogP contribution in [0.5, 0.6) is 0 Å². The lowest BCUT2D eigenvalue weighted by atomic mass is 9.71. The molecule has 4 heterocycles. The summed E-state index contributed by atoms with van der Waals surface area (Å²) in [6.07, 6.45) is 0.379. The maximum absolute atomic E-state index is 13.6. The molecule has 0 radical (unpaired) electrons. The third-order valence-electron chi connectivity index (χ3n) is 6.73. The average Bonchev–Trinajstić information content (AvgIpc) is 3.47. The molecular weight excluding hydrogens is 478 g/mol. The van der Waals surface area contributed by atoms with Gasteiger partial charge in [-0.15, -0.1) is 0 Å². The number of nitrogens with one attached hydrogen (secondary N) is 1. The number of hydrogen-bond acceptors (Lipinski definition) is 6. The van der Waals surface area contributed by atoms with E-state index in [9.17, 15) is 22.4 Å². The number of alkyl halides is 3. The van der Waals surface area contributed by atoms with Gasteiger partial charge in [0, 0.05) is 31.4 Å². The van der Waals surface area contributed by atoms with E-state index in [0.717, 1.165) is 12.8 Å². The summed E-state index contributed by atoms with van der Waals surface area (Å²) in [4.78, 5) is 30.8. The molecule has 8 nitrogen and oxygen atoms in total. The van der Waals surface area contributed by atoms with Gasteiger partial charge in [0.15, 0.2) is 11.5 Å². The molecule has 1 saturated carbocycles. The number of aryl methyl sites for hydroxylation is 1. The Morgan fingerprint density at radius 1 is 1.14 bits per heavy atom. The van der Waals surface area contributed by atoms with Gasteiger partial charge in [0.2, 0.25) is 5.91 Å². The van der Waals surface area contributed by atoms with Gasteiger partial charge in [0.25, 0.3) is 0 Å².